The van der Waals surface area contributed by atoms with Crippen LogP contribution in [0.3, 0.4) is 0 Å². The third kappa shape index (κ3) is 9.88. The smallest absolute Gasteiger partial charge is 0.0636 e. The van der Waals surface area contributed by atoms with Gasteiger partial charge < -0.3 is 16.2 Å². The van der Waals surface area contributed by atoms with Gasteiger partial charge in [-0.25, -0.2) is 0 Å². The Morgan fingerprint density at radius 2 is 1.92 bits per heavy atom. The van der Waals surface area contributed by atoms with Crippen LogP contribution >= 0.6 is 0 Å². The molecule has 0 radical (unpaired) electrons. The number of hydrogen-bond acceptors (Lipinski definition) is 3. The lowest BCUT2D eigenvalue weighted by Gasteiger charge is -2.05. The number of hydrogen-bond donors (Lipinski definition) is 3. The van der Waals surface area contributed by atoms with Crippen LogP contribution in [-0.2, 0) is 0 Å². The van der Waals surface area contributed by atoms with E-state index in [1.54, 1.807) is 6.92 Å². The summed E-state index contributed by atoms with van der Waals surface area (Å²) in [4.78, 5) is 0. The van der Waals surface area contributed by atoms with Crippen molar-refractivity contribution in [2.24, 2.45) is 5.73 Å². The van der Waals surface area contributed by atoms with E-state index in [0.717, 1.165) is 19.5 Å². The molecule has 0 fully saturated rings. The molecule has 3 nitrogen and oxygen atoms in total. The molecule has 0 aliphatic heterocycles. The summed E-state index contributed by atoms with van der Waals surface area (Å²) in [6, 6.07) is 0. The standard InChI is InChI=1S/C9H22N2O/c1-9(12)8-11-7-5-3-2-4-6-10/h9,11-12H,2-8,10H2,1H3. The summed E-state index contributed by atoms with van der Waals surface area (Å²) < 4.78 is 0. The van der Waals surface area contributed by atoms with Crippen molar-refractivity contribution in [2.45, 2.75) is 38.7 Å². The molecule has 3 heteroatoms. The lowest BCUT2D eigenvalue weighted by molar-refractivity contribution is 0.191. The average molecular weight is 174 g/mol. The van der Waals surface area contributed by atoms with Gasteiger partial charge in [-0.1, -0.05) is 12.8 Å². The molecule has 0 aromatic carbocycles. The summed E-state index contributed by atoms with van der Waals surface area (Å²) in [5.41, 5.74) is 5.36. The van der Waals surface area contributed by atoms with Gasteiger partial charge in [0.1, 0.15) is 0 Å². The number of aliphatic hydroxyl groups excluding tert-OH is 1. The van der Waals surface area contributed by atoms with Crippen LogP contribution in [0.4, 0.5) is 0 Å². The minimum Gasteiger partial charge on any atom is -0.392 e. The second-order valence-electron chi connectivity index (χ2n) is 3.26. The van der Waals surface area contributed by atoms with E-state index in [1.165, 1.54) is 19.3 Å². The maximum absolute atomic E-state index is 8.91. The molecule has 0 saturated heterocycles. The van der Waals surface area contributed by atoms with Crippen molar-refractivity contribution in [3.8, 4) is 0 Å². The third-order valence-corrected chi connectivity index (χ3v) is 1.75. The summed E-state index contributed by atoms with van der Waals surface area (Å²) in [5, 5.41) is 12.1. The Labute approximate surface area is 75.3 Å². The predicted octanol–water partition coefficient (Wildman–Crippen LogP) is 0.476. The van der Waals surface area contributed by atoms with Crippen LogP contribution in [0.25, 0.3) is 0 Å². The van der Waals surface area contributed by atoms with E-state index in [9.17, 15) is 0 Å². The fraction of sp³-hybridized carbons (Fsp3) is 1.00. The molecule has 0 rings (SSSR count). The molecule has 1 atom stereocenters. The van der Waals surface area contributed by atoms with Gasteiger partial charge in [0.2, 0.25) is 0 Å². The highest BCUT2D eigenvalue weighted by molar-refractivity contribution is 4.53. The van der Waals surface area contributed by atoms with Crippen molar-refractivity contribution in [1.82, 2.24) is 5.32 Å². The Morgan fingerprint density at radius 3 is 2.50 bits per heavy atom. The second-order valence-corrected chi connectivity index (χ2v) is 3.26. The minimum absolute atomic E-state index is 0.228. The van der Waals surface area contributed by atoms with Crippen molar-refractivity contribution in [2.75, 3.05) is 19.6 Å². The van der Waals surface area contributed by atoms with E-state index in [-0.39, 0.29) is 6.10 Å². The maximum Gasteiger partial charge on any atom is 0.0636 e. The third-order valence-electron chi connectivity index (χ3n) is 1.75. The fourth-order valence-electron chi connectivity index (χ4n) is 1.06. The van der Waals surface area contributed by atoms with Crippen LogP contribution in [-0.4, -0.2) is 30.8 Å². The molecule has 0 bridgehead atoms. The van der Waals surface area contributed by atoms with Crippen molar-refractivity contribution in [1.29, 1.82) is 0 Å². The van der Waals surface area contributed by atoms with Crippen molar-refractivity contribution < 1.29 is 5.11 Å². The Bertz CT molecular complexity index is 86.6. The molecule has 4 N–H and O–H groups in total. The molecule has 0 heterocycles. The summed E-state index contributed by atoms with van der Waals surface area (Å²) >= 11 is 0. The highest BCUT2D eigenvalue weighted by atomic mass is 16.3. The van der Waals surface area contributed by atoms with Gasteiger partial charge in [-0.05, 0) is 32.9 Å². The topological polar surface area (TPSA) is 58.3 Å². The first-order chi connectivity index (χ1) is 5.77. The van der Waals surface area contributed by atoms with Crippen LogP contribution in [0.2, 0.25) is 0 Å². The summed E-state index contributed by atoms with van der Waals surface area (Å²) in [5.74, 6) is 0. The molecule has 74 valence electrons. The van der Waals surface area contributed by atoms with Gasteiger partial charge in [0.05, 0.1) is 6.10 Å². The predicted molar refractivity (Wildman–Crippen MR) is 52.1 cm³/mol. The lowest BCUT2D eigenvalue weighted by Crippen LogP contribution is -2.25. The molecule has 0 saturated carbocycles. The van der Waals surface area contributed by atoms with Crippen LogP contribution in [0, 0.1) is 0 Å². The van der Waals surface area contributed by atoms with E-state index >= 15 is 0 Å². The zero-order chi connectivity index (χ0) is 9.23. The van der Waals surface area contributed by atoms with Crippen molar-refractivity contribution >= 4 is 0 Å². The van der Waals surface area contributed by atoms with Crippen LogP contribution in [0.1, 0.15) is 32.6 Å². The van der Waals surface area contributed by atoms with Crippen LogP contribution in [0.5, 0.6) is 0 Å². The fourth-order valence-corrected chi connectivity index (χ4v) is 1.06. The normalized spacial score (nSPS) is 13.2. The van der Waals surface area contributed by atoms with Gasteiger partial charge in [-0.15, -0.1) is 0 Å². The first-order valence-electron chi connectivity index (χ1n) is 4.86. The molecule has 0 aliphatic carbocycles. The summed E-state index contributed by atoms with van der Waals surface area (Å²) in [6.07, 6.45) is 4.56. The first-order valence-corrected chi connectivity index (χ1v) is 4.86. The zero-order valence-corrected chi connectivity index (χ0v) is 8.05. The van der Waals surface area contributed by atoms with Crippen LogP contribution in [0.15, 0.2) is 0 Å². The van der Waals surface area contributed by atoms with Gasteiger partial charge in [0.25, 0.3) is 0 Å². The quantitative estimate of drug-likeness (QED) is 0.469. The van der Waals surface area contributed by atoms with Crippen molar-refractivity contribution in [3.05, 3.63) is 0 Å². The number of nitrogens with one attached hydrogen (secondary N) is 1. The number of nitrogens with two attached hydrogens (primary N) is 1. The largest absolute Gasteiger partial charge is 0.392 e. The van der Waals surface area contributed by atoms with E-state index in [0.29, 0.717) is 6.54 Å². The monoisotopic (exact) mass is 174 g/mol. The number of aliphatic hydroxyl groups is 1. The molecule has 0 aromatic heterocycles. The molecule has 0 amide bonds. The van der Waals surface area contributed by atoms with Crippen molar-refractivity contribution in [3.63, 3.8) is 0 Å². The van der Waals surface area contributed by atoms with Gasteiger partial charge in [0, 0.05) is 6.54 Å². The van der Waals surface area contributed by atoms with Gasteiger partial charge in [0.15, 0.2) is 0 Å². The molecule has 0 aromatic rings. The molecule has 0 spiro atoms. The van der Waals surface area contributed by atoms with E-state index < -0.39 is 0 Å². The average Bonchev–Trinajstić information content (AvgIpc) is 2.02. The zero-order valence-electron chi connectivity index (χ0n) is 8.05. The molecular formula is C9H22N2O. The van der Waals surface area contributed by atoms with Crippen LogP contribution < -0.4 is 11.1 Å². The minimum atomic E-state index is -0.228. The number of rotatable bonds is 8. The van der Waals surface area contributed by atoms with E-state index in [1.807, 2.05) is 0 Å². The Morgan fingerprint density at radius 1 is 1.25 bits per heavy atom. The highest BCUT2D eigenvalue weighted by Crippen LogP contribution is 1.96. The molecule has 1 unspecified atom stereocenters. The highest BCUT2D eigenvalue weighted by Gasteiger charge is 1.93. The molecular weight excluding hydrogens is 152 g/mol. The number of unbranched alkanes of at least 4 members (excludes halogenated alkanes) is 3. The molecule has 0 aliphatic rings. The van der Waals surface area contributed by atoms with E-state index in [2.05, 4.69) is 5.32 Å². The van der Waals surface area contributed by atoms with Gasteiger partial charge >= 0.3 is 0 Å². The second kappa shape index (κ2) is 8.97. The Hall–Kier alpha value is -0.120. The van der Waals surface area contributed by atoms with Gasteiger partial charge in [-0.2, -0.15) is 0 Å². The van der Waals surface area contributed by atoms with E-state index in [4.69, 9.17) is 10.8 Å². The summed E-state index contributed by atoms with van der Waals surface area (Å²) in [6.45, 7) is 4.31. The Balaban J connectivity index is 2.82. The lowest BCUT2D eigenvalue weighted by atomic mass is 10.2. The first kappa shape index (κ1) is 11.9. The maximum atomic E-state index is 8.91. The SMILES string of the molecule is CC(O)CNCCCCCCN. The molecule has 12 heavy (non-hydrogen) atoms. The Kier molecular flexibility index (Phi) is 8.88. The summed E-state index contributed by atoms with van der Waals surface area (Å²) in [7, 11) is 0. The van der Waals surface area contributed by atoms with Gasteiger partial charge in [-0.3, -0.25) is 0 Å².